The van der Waals surface area contributed by atoms with Gasteiger partial charge in [-0.05, 0) is 30.9 Å². The van der Waals surface area contributed by atoms with Gasteiger partial charge in [0.15, 0.2) is 0 Å². The van der Waals surface area contributed by atoms with Crippen LogP contribution in [0.1, 0.15) is 43.2 Å². The van der Waals surface area contributed by atoms with Crippen LogP contribution in [-0.4, -0.2) is 34.0 Å². The average Bonchev–Trinajstić information content (AvgIpc) is 3.24. The molecule has 3 N–H and O–H groups in total. The molecule has 0 atom stereocenters. The van der Waals surface area contributed by atoms with E-state index in [2.05, 4.69) is 33.3 Å². The summed E-state index contributed by atoms with van der Waals surface area (Å²) in [6.45, 7) is 1.63. The molecule has 0 amide bonds. The number of benzene rings is 2. The zero-order chi connectivity index (χ0) is 20.5. The maximum absolute atomic E-state index is 6.61. The molecule has 154 valence electrons. The van der Waals surface area contributed by atoms with Crippen LogP contribution in [0.15, 0.2) is 53.7 Å². The minimum absolute atomic E-state index is 0.642. The Labute approximate surface area is 181 Å². The molecule has 1 aromatic heterocycles. The molecule has 6 heteroatoms. The second-order valence-electron chi connectivity index (χ2n) is 8.34. The van der Waals surface area contributed by atoms with Crippen molar-refractivity contribution in [1.82, 2.24) is 15.1 Å². The van der Waals surface area contributed by atoms with Gasteiger partial charge in [0.1, 0.15) is 5.84 Å². The summed E-state index contributed by atoms with van der Waals surface area (Å²) >= 11 is 6.61. The molecule has 1 aliphatic heterocycles. The van der Waals surface area contributed by atoms with E-state index < -0.39 is 0 Å². The van der Waals surface area contributed by atoms with Crippen LogP contribution in [-0.2, 0) is 0 Å². The van der Waals surface area contributed by atoms with Crippen molar-refractivity contribution in [2.24, 2.45) is 16.6 Å². The van der Waals surface area contributed by atoms with Gasteiger partial charge in [-0.2, -0.15) is 5.10 Å². The minimum Gasteiger partial charge on any atom is -0.386 e. The van der Waals surface area contributed by atoms with Crippen molar-refractivity contribution in [3.63, 3.8) is 0 Å². The van der Waals surface area contributed by atoms with Crippen molar-refractivity contribution >= 4 is 39.7 Å². The van der Waals surface area contributed by atoms with Crippen molar-refractivity contribution in [3.8, 4) is 0 Å². The van der Waals surface area contributed by atoms with E-state index in [1.807, 2.05) is 30.5 Å². The van der Waals surface area contributed by atoms with Gasteiger partial charge in [-0.1, -0.05) is 61.2 Å². The van der Waals surface area contributed by atoms with Crippen LogP contribution in [0.3, 0.4) is 0 Å². The first-order chi connectivity index (χ1) is 14.7. The Hall–Kier alpha value is -2.79. The lowest BCUT2D eigenvalue weighted by molar-refractivity contribution is 0.279. The summed E-state index contributed by atoms with van der Waals surface area (Å²) in [7, 11) is 0. The molecule has 0 radical (unpaired) electrons. The Morgan fingerprint density at radius 3 is 2.67 bits per heavy atom. The number of aromatic amines is 1. The molecule has 30 heavy (non-hydrogen) atoms. The van der Waals surface area contributed by atoms with E-state index in [-0.39, 0.29) is 0 Å². The molecule has 1 fully saturated rings. The van der Waals surface area contributed by atoms with Crippen molar-refractivity contribution in [1.29, 1.82) is 0 Å². The van der Waals surface area contributed by atoms with Crippen LogP contribution in [0.25, 0.3) is 22.3 Å². The monoisotopic (exact) mass is 419 g/mol. The number of aromatic nitrogens is 2. The number of rotatable bonds is 4. The van der Waals surface area contributed by atoms with Gasteiger partial charge in [0.2, 0.25) is 0 Å². The van der Waals surface area contributed by atoms with Crippen LogP contribution < -0.4 is 5.73 Å². The summed E-state index contributed by atoms with van der Waals surface area (Å²) in [4.78, 5) is 7.23. The van der Waals surface area contributed by atoms with E-state index in [4.69, 9.17) is 22.3 Å². The highest BCUT2D eigenvalue weighted by molar-refractivity contribution is 6.35. The van der Waals surface area contributed by atoms with E-state index in [1.54, 1.807) is 0 Å². The maximum atomic E-state index is 6.61. The Morgan fingerprint density at radius 1 is 1.07 bits per heavy atom. The lowest BCUT2D eigenvalue weighted by atomic mass is 9.88. The number of hydrogen-bond acceptors (Lipinski definition) is 4. The largest absolute Gasteiger partial charge is 0.386 e. The predicted octanol–water partition coefficient (Wildman–Crippen LogP) is 5.30. The van der Waals surface area contributed by atoms with E-state index in [9.17, 15) is 0 Å². The summed E-state index contributed by atoms with van der Waals surface area (Å²) in [6.07, 6.45) is 8.37. The van der Waals surface area contributed by atoms with Gasteiger partial charge in [0.05, 0.1) is 34.7 Å². The van der Waals surface area contributed by atoms with E-state index in [0.29, 0.717) is 23.3 Å². The third-order valence-electron chi connectivity index (χ3n) is 6.17. The second kappa shape index (κ2) is 8.15. The third-order valence-corrected chi connectivity index (χ3v) is 6.47. The lowest BCUT2D eigenvalue weighted by Crippen LogP contribution is -2.39. The molecule has 0 unspecified atom stereocenters. The molecular formula is C24H26ClN5. The fourth-order valence-corrected chi connectivity index (χ4v) is 5.03. The Bertz CT molecular complexity index is 1110. The number of nitrogens with one attached hydrogen (secondary N) is 1. The fraction of sp³-hybridized carbons (Fsp3) is 0.333. The number of nitrogens with zero attached hydrogens (tertiary/aromatic N) is 3. The second-order valence-corrected chi connectivity index (χ2v) is 8.75. The summed E-state index contributed by atoms with van der Waals surface area (Å²) in [5, 5.41) is 8.81. The minimum atomic E-state index is 0.642. The van der Waals surface area contributed by atoms with Crippen LogP contribution in [0.4, 0.5) is 0 Å². The van der Waals surface area contributed by atoms with Crippen molar-refractivity contribution in [2.45, 2.75) is 32.1 Å². The number of hydrogen-bond donors (Lipinski definition) is 2. The SMILES string of the molecule is NC1=NC(c2ccccc2)=C(c2cc(Cl)c3[nH]ncc3c2)N(CC2CCCCC2)C1. The zero-order valence-electron chi connectivity index (χ0n) is 16.9. The molecule has 0 bridgehead atoms. The molecule has 2 aromatic carbocycles. The Balaban J connectivity index is 1.66. The molecule has 0 spiro atoms. The highest BCUT2D eigenvalue weighted by Crippen LogP contribution is 2.37. The first-order valence-electron chi connectivity index (χ1n) is 10.7. The van der Waals surface area contributed by atoms with E-state index in [1.165, 1.54) is 32.1 Å². The number of H-pyrrole nitrogens is 1. The lowest BCUT2D eigenvalue weighted by Gasteiger charge is -2.36. The summed E-state index contributed by atoms with van der Waals surface area (Å²) < 4.78 is 0. The quantitative estimate of drug-likeness (QED) is 0.603. The number of amidine groups is 1. The Kier molecular flexibility index (Phi) is 5.21. The number of nitrogens with two attached hydrogens (primary N) is 1. The first kappa shape index (κ1) is 19.2. The molecule has 1 aliphatic carbocycles. The smallest absolute Gasteiger partial charge is 0.119 e. The summed E-state index contributed by atoms with van der Waals surface area (Å²) in [5.41, 5.74) is 11.3. The highest BCUT2D eigenvalue weighted by atomic mass is 35.5. The maximum Gasteiger partial charge on any atom is 0.119 e. The summed E-state index contributed by atoms with van der Waals surface area (Å²) in [6, 6.07) is 14.4. The highest BCUT2D eigenvalue weighted by Gasteiger charge is 2.27. The molecule has 5 nitrogen and oxygen atoms in total. The van der Waals surface area contributed by atoms with Crippen LogP contribution in [0, 0.1) is 5.92 Å². The number of aliphatic imine (C=N–C) groups is 1. The van der Waals surface area contributed by atoms with Gasteiger partial charge in [-0.15, -0.1) is 0 Å². The van der Waals surface area contributed by atoms with E-state index >= 15 is 0 Å². The van der Waals surface area contributed by atoms with Crippen LogP contribution in [0.5, 0.6) is 0 Å². The van der Waals surface area contributed by atoms with Gasteiger partial charge >= 0.3 is 0 Å². The fourth-order valence-electron chi connectivity index (χ4n) is 4.76. The van der Waals surface area contributed by atoms with Gasteiger partial charge < -0.3 is 10.6 Å². The normalized spacial score (nSPS) is 18.2. The first-order valence-corrected chi connectivity index (χ1v) is 11.1. The molecule has 3 aromatic rings. The van der Waals surface area contributed by atoms with Gasteiger partial charge in [-0.25, -0.2) is 4.99 Å². The molecule has 2 heterocycles. The van der Waals surface area contributed by atoms with Crippen molar-refractivity contribution in [3.05, 3.63) is 64.8 Å². The molecular weight excluding hydrogens is 394 g/mol. The van der Waals surface area contributed by atoms with Crippen molar-refractivity contribution in [2.75, 3.05) is 13.1 Å². The average molecular weight is 420 g/mol. The van der Waals surface area contributed by atoms with Gasteiger partial charge in [-0.3, -0.25) is 5.10 Å². The summed E-state index contributed by atoms with van der Waals surface area (Å²) in [5.74, 6) is 1.34. The molecule has 5 rings (SSSR count). The topological polar surface area (TPSA) is 70.3 Å². The van der Waals surface area contributed by atoms with Crippen LogP contribution in [0.2, 0.25) is 5.02 Å². The van der Waals surface area contributed by atoms with Gasteiger partial charge in [0.25, 0.3) is 0 Å². The molecule has 1 saturated carbocycles. The zero-order valence-corrected chi connectivity index (χ0v) is 17.7. The predicted molar refractivity (Wildman–Crippen MR) is 124 cm³/mol. The number of fused-ring (bicyclic) bond motifs is 1. The standard InChI is InChI=1S/C24H26ClN5/c25-20-12-18(11-19-13-27-29-22(19)20)24-23(17-9-5-2-6-10-17)28-21(26)15-30(24)14-16-7-3-1-4-8-16/h2,5-6,9-13,16H,1,3-4,7-8,14-15H2,(H2,26,28)(H,27,29). The molecule has 2 aliphatic rings. The third kappa shape index (κ3) is 3.70. The Morgan fingerprint density at radius 2 is 1.87 bits per heavy atom. The van der Waals surface area contributed by atoms with Gasteiger partial charge in [0, 0.05) is 23.1 Å². The number of halogens is 1. The van der Waals surface area contributed by atoms with E-state index in [0.717, 1.165) is 40.0 Å². The van der Waals surface area contributed by atoms with Crippen molar-refractivity contribution < 1.29 is 0 Å². The van der Waals surface area contributed by atoms with Crippen LogP contribution >= 0.6 is 11.6 Å². The molecule has 0 saturated heterocycles.